The van der Waals surface area contributed by atoms with Crippen molar-refractivity contribution >= 4 is 27.8 Å². The van der Waals surface area contributed by atoms with E-state index in [0.717, 1.165) is 4.47 Å². The normalized spacial score (nSPS) is 12.5. The lowest BCUT2D eigenvalue weighted by Crippen LogP contribution is -2.34. The summed E-state index contributed by atoms with van der Waals surface area (Å²) >= 11 is 3.35. The predicted octanol–water partition coefficient (Wildman–Crippen LogP) is 3.47. The number of anilines is 1. The summed E-state index contributed by atoms with van der Waals surface area (Å²) in [5.74, 6) is 0.267. The minimum atomic E-state index is -0.582. The first-order chi connectivity index (χ1) is 11.2. The highest BCUT2D eigenvalue weighted by Gasteiger charge is 2.22. The molecule has 7 nitrogen and oxygen atoms in total. The van der Waals surface area contributed by atoms with E-state index in [-0.39, 0.29) is 5.82 Å². The number of hydrogen-bond acceptors (Lipinski definition) is 6. The fraction of sp³-hybridized carbons (Fsp3) is 0.375. The Morgan fingerprint density at radius 2 is 2.00 bits per heavy atom. The van der Waals surface area contributed by atoms with E-state index in [4.69, 9.17) is 10.5 Å². The molecular weight excluding hydrogens is 374 g/mol. The highest BCUT2D eigenvalue weighted by molar-refractivity contribution is 9.10. The number of aromatic nitrogens is 3. The number of halogens is 1. The maximum Gasteiger partial charge on any atom is 0.408 e. The summed E-state index contributed by atoms with van der Waals surface area (Å²) in [6, 6.07) is 3.22. The molecular formula is C16H20BrN5O2. The number of carbonyl (C=O) groups excluding carboxylic acids is 1. The standard InChI is InChI=1S/C16H20BrN5O2/c1-9(21-15(23)24-16(2,3)4)13-14(20-8-12(18)22-13)11-6-5-10(17)7-19-11/h5-9H,1-4H3,(H2,18,22)(H,21,23)/t9-/m0/s1. The van der Waals surface area contributed by atoms with Gasteiger partial charge in [0.15, 0.2) is 0 Å². The van der Waals surface area contributed by atoms with Crippen molar-refractivity contribution in [2.24, 2.45) is 0 Å². The van der Waals surface area contributed by atoms with E-state index in [0.29, 0.717) is 17.1 Å². The third-order valence-corrected chi connectivity index (χ3v) is 3.40. The van der Waals surface area contributed by atoms with Gasteiger partial charge < -0.3 is 15.8 Å². The van der Waals surface area contributed by atoms with Crippen LogP contribution in [0.2, 0.25) is 0 Å². The molecule has 8 heteroatoms. The number of nitrogens with zero attached hydrogens (tertiary/aromatic N) is 3. The number of nitrogen functional groups attached to an aromatic ring is 1. The number of hydrogen-bond donors (Lipinski definition) is 2. The number of alkyl carbamates (subject to hydrolysis) is 1. The molecule has 3 N–H and O–H groups in total. The largest absolute Gasteiger partial charge is 0.444 e. The zero-order chi connectivity index (χ0) is 17.9. The Morgan fingerprint density at radius 1 is 1.29 bits per heavy atom. The minimum Gasteiger partial charge on any atom is -0.444 e. The molecule has 0 unspecified atom stereocenters. The molecule has 0 aliphatic carbocycles. The van der Waals surface area contributed by atoms with E-state index in [1.54, 1.807) is 33.9 Å². The second-order valence-electron chi connectivity index (χ2n) is 6.26. The Bertz CT molecular complexity index is 728. The molecule has 24 heavy (non-hydrogen) atoms. The molecule has 2 aromatic heterocycles. The topological polar surface area (TPSA) is 103 Å². The van der Waals surface area contributed by atoms with E-state index >= 15 is 0 Å². The van der Waals surface area contributed by atoms with Crippen LogP contribution in [0.25, 0.3) is 11.4 Å². The van der Waals surface area contributed by atoms with E-state index in [1.165, 1.54) is 6.20 Å². The third kappa shape index (κ3) is 4.89. The molecule has 1 atom stereocenters. The van der Waals surface area contributed by atoms with Gasteiger partial charge in [0.1, 0.15) is 17.1 Å². The molecule has 0 fully saturated rings. The third-order valence-electron chi connectivity index (χ3n) is 2.93. The lowest BCUT2D eigenvalue weighted by atomic mass is 10.1. The molecule has 0 aliphatic heterocycles. The number of ether oxygens (including phenoxy) is 1. The monoisotopic (exact) mass is 393 g/mol. The highest BCUT2D eigenvalue weighted by atomic mass is 79.9. The summed E-state index contributed by atoms with van der Waals surface area (Å²) < 4.78 is 6.13. The molecule has 0 radical (unpaired) electrons. The van der Waals surface area contributed by atoms with Crippen molar-refractivity contribution in [1.29, 1.82) is 0 Å². The van der Waals surface area contributed by atoms with E-state index in [2.05, 4.69) is 36.2 Å². The van der Waals surface area contributed by atoms with Crippen LogP contribution in [0.1, 0.15) is 39.4 Å². The van der Waals surface area contributed by atoms with Gasteiger partial charge in [-0.2, -0.15) is 0 Å². The number of carbonyl (C=O) groups is 1. The first-order valence-corrected chi connectivity index (χ1v) is 8.19. The lowest BCUT2D eigenvalue weighted by Gasteiger charge is -2.22. The number of amides is 1. The first-order valence-electron chi connectivity index (χ1n) is 7.39. The van der Waals surface area contributed by atoms with Gasteiger partial charge in [-0.15, -0.1) is 0 Å². The van der Waals surface area contributed by atoms with Gasteiger partial charge in [-0.25, -0.2) is 14.8 Å². The summed E-state index contributed by atoms with van der Waals surface area (Å²) in [6.45, 7) is 7.19. The SMILES string of the molecule is C[C@H](NC(=O)OC(C)(C)C)c1nc(N)cnc1-c1ccc(Br)cn1. The van der Waals surface area contributed by atoms with Gasteiger partial charge in [0.05, 0.1) is 23.6 Å². The second-order valence-corrected chi connectivity index (χ2v) is 7.17. The highest BCUT2D eigenvalue weighted by Crippen LogP contribution is 2.25. The average Bonchev–Trinajstić information content (AvgIpc) is 2.46. The van der Waals surface area contributed by atoms with Crippen molar-refractivity contribution in [3.8, 4) is 11.4 Å². The number of rotatable bonds is 3. The smallest absolute Gasteiger partial charge is 0.408 e. The molecule has 0 saturated heterocycles. The minimum absolute atomic E-state index is 0.267. The molecule has 0 aromatic carbocycles. The number of pyridine rings is 1. The first kappa shape index (κ1) is 18.1. The van der Waals surface area contributed by atoms with Crippen LogP contribution in [-0.4, -0.2) is 26.6 Å². The maximum atomic E-state index is 12.0. The van der Waals surface area contributed by atoms with Crippen molar-refractivity contribution in [2.45, 2.75) is 39.3 Å². The van der Waals surface area contributed by atoms with E-state index in [1.807, 2.05) is 12.1 Å². The van der Waals surface area contributed by atoms with Gasteiger partial charge in [0, 0.05) is 10.7 Å². The van der Waals surface area contributed by atoms with Crippen molar-refractivity contribution in [3.05, 3.63) is 34.7 Å². The zero-order valence-corrected chi connectivity index (χ0v) is 15.6. The quantitative estimate of drug-likeness (QED) is 0.827. The summed E-state index contributed by atoms with van der Waals surface area (Å²) in [4.78, 5) is 24.9. The number of nitrogens with two attached hydrogens (primary N) is 1. The fourth-order valence-electron chi connectivity index (χ4n) is 1.99. The van der Waals surface area contributed by atoms with Crippen molar-refractivity contribution in [1.82, 2.24) is 20.3 Å². The zero-order valence-electron chi connectivity index (χ0n) is 14.0. The van der Waals surface area contributed by atoms with Gasteiger partial charge in [-0.05, 0) is 55.8 Å². The fourth-order valence-corrected chi connectivity index (χ4v) is 2.22. The summed E-state index contributed by atoms with van der Waals surface area (Å²) in [5, 5.41) is 2.75. The second kappa shape index (κ2) is 7.12. The predicted molar refractivity (Wildman–Crippen MR) is 95.2 cm³/mol. The lowest BCUT2D eigenvalue weighted by molar-refractivity contribution is 0.0507. The van der Waals surface area contributed by atoms with Crippen LogP contribution in [0.15, 0.2) is 29.0 Å². The van der Waals surface area contributed by atoms with E-state index < -0.39 is 17.7 Å². The van der Waals surface area contributed by atoms with Crippen LogP contribution in [0.4, 0.5) is 10.6 Å². The Balaban J connectivity index is 2.30. The Hall–Kier alpha value is -2.22. The Morgan fingerprint density at radius 3 is 2.58 bits per heavy atom. The molecule has 2 rings (SSSR count). The van der Waals surface area contributed by atoms with Gasteiger partial charge in [-0.3, -0.25) is 4.98 Å². The Kier molecular flexibility index (Phi) is 5.38. The molecule has 2 aromatic rings. The van der Waals surface area contributed by atoms with Gasteiger partial charge in [0.2, 0.25) is 0 Å². The van der Waals surface area contributed by atoms with Gasteiger partial charge in [0.25, 0.3) is 0 Å². The van der Waals surface area contributed by atoms with Gasteiger partial charge >= 0.3 is 6.09 Å². The molecule has 0 saturated carbocycles. The molecule has 0 bridgehead atoms. The van der Waals surface area contributed by atoms with Crippen LogP contribution in [0.5, 0.6) is 0 Å². The van der Waals surface area contributed by atoms with Crippen LogP contribution in [0, 0.1) is 0 Å². The average molecular weight is 394 g/mol. The molecule has 1 amide bonds. The van der Waals surface area contributed by atoms with Crippen LogP contribution in [-0.2, 0) is 4.74 Å². The van der Waals surface area contributed by atoms with E-state index in [9.17, 15) is 4.79 Å². The van der Waals surface area contributed by atoms with Crippen LogP contribution < -0.4 is 11.1 Å². The van der Waals surface area contributed by atoms with Crippen LogP contribution >= 0.6 is 15.9 Å². The van der Waals surface area contributed by atoms with Crippen molar-refractivity contribution in [2.75, 3.05) is 5.73 Å². The summed E-state index contributed by atoms with van der Waals surface area (Å²) in [7, 11) is 0. The summed E-state index contributed by atoms with van der Waals surface area (Å²) in [6.07, 6.45) is 2.60. The summed E-state index contributed by atoms with van der Waals surface area (Å²) in [5.41, 5.74) is 6.89. The van der Waals surface area contributed by atoms with Gasteiger partial charge in [-0.1, -0.05) is 0 Å². The van der Waals surface area contributed by atoms with Crippen molar-refractivity contribution < 1.29 is 9.53 Å². The van der Waals surface area contributed by atoms with Crippen LogP contribution in [0.3, 0.4) is 0 Å². The molecule has 2 heterocycles. The molecule has 128 valence electrons. The number of nitrogens with one attached hydrogen (secondary N) is 1. The maximum absolute atomic E-state index is 12.0. The molecule has 0 aliphatic rings. The van der Waals surface area contributed by atoms with Crippen molar-refractivity contribution in [3.63, 3.8) is 0 Å². The molecule has 0 spiro atoms. The Labute approximate surface area is 149 Å².